The van der Waals surface area contributed by atoms with Crippen LogP contribution < -0.4 is 4.84 Å². The molecular weight excluding hydrogens is 246 g/mol. The average molecular weight is 269 g/mol. The van der Waals surface area contributed by atoms with E-state index in [-0.39, 0.29) is 5.54 Å². The van der Waals surface area contributed by atoms with Gasteiger partial charge in [0.15, 0.2) is 0 Å². The minimum absolute atomic E-state index is 0.101. The van der Waals surface area contributed by atoms with Gasteiger partial charge >= 0.3 is 0 Å². The fourth-order valence-electron chi connectivity index (χ4n) is 2.04. The van der Waals surface area contributed by atoms with Crippen LogP contribution in [0.1, 0.15) is 33.1 Å². The van der Waals surface area contributed by atoms with Crippen molar-refractivity contribution in [2.24, 2.45) is 5.41 Å². The third-order valence-electron chi connectivity index (χ3n) is 3.79. The van der Waals surface area contributed by atoms with E-state index in [1.54, 1.807) is 0 Å². The normalized spacial score (nSPS) is 21.7. The third-order valence-corrected chi connectivity index (χ3v) is 4.30. The van der Waals surface area contributed by atoms with Crippen LogP contribution in [0.3, 0.4) is 0 Å². The first-order valence-electron chi connectivity index (χ1n) is 6.19. The quantitative estimate of drug-likeness (QED) is 0.745. The Kier molecular flexibility index (Phi) is 5.61. The lowest BCUT2D eigenvalue weighted by molar-refractivity contribution is 0.0517. The molecule has 0 aliphatic carbocycles. The summed E-state index contributed by atoms with van der Waals surface area (Å²) in [6.45, 7) is 5.49. The van der Waals surface area contributed by atoms with Crippen molar-refractivity contribution in [3.8, 4) is 0 Å². The first kappa shape index (κ1) is 15.1. The van der Waals surface area contributed by atoms with Crippen molar-refractivity contribution in [3.05, 3.63) is 0 Å². The Morgan fingerprint density at radius 3 is 2.18 bits per heavy atom. The maximum Gasteiger partial charge on any atom is 0.0976 e. The predicted octanol–water partition coefficient (Wildman–Crippen LogP) is 2.92. The van der Waals surface area contributed by atoms with Gasteiger partial charge in [-0.3, -0.25) is 8.78 Å². The van der Waals surface area contributed by atoms with Crippen molar-refractivity contribution in [2.75, 3.05) is 33.0 Å². The van der Waals surface area contributed by atoms with Crippen molar-refractivity contribution in [1.29, 1.82) is 0 Å². The molecule has 0 amide bonds. The summed E-state index contributed by atoms with van der Waals surface area (Å²) in [4.78, 5) is 5.01. The van der Waals surface area contributed by atoms with E-state index in [0.717, 1.165) is 26.1 Å². The number of piperidine rings is 1. The smallest absolute Gasteiger partial charge is 0.0976 e. The number of rotatable bonds is 6. The van der Waals surface area contributed by atoms with Crippen LogP contribution in [0, 0.1) is 5.41 Å². The molecule has 1 fully saturated rings. The minimum atomic E-state index is -0.698. The molecule has 2 nitrogen and oxygen atoms in total. The van der Waals surface area contributed by atoms with Crippen LogP contribution in [-0.2, 0) is 0 Å². The molecule has 1 saturated heterocycles. The Morgan fingerprint density at radius 2 is 1.76 bits per heavy atom. The maximum atomic E-state index is 12.8. The van der Waals surface area contributed by atoms with E-state index in [9.17, 15) is 8.78 Å². The molecule has 0 aromatic carbocycles. The first-order chi connectivity index (χ1) is 7.97. The van der Waals surface area contributed by atoms with E-state index >= 15 is 0 Å². The fraction of sp³-hybridized carbons (Fsp3) is 1.00. The predicted molar refractivity (Wildman–Crippen MR) is 67.7 cm³/mol. The van der Waals surface area contributed by atoms with Crippen molar-refractivity contribution in [1.82, 2.24) is 9.74 Å². The fourth-order valence-corrected chi connectivity index (χ4v) is 2.13. The zero-order valence-electron chi connectivity index (χ0n) is 10.7. The molecule has 1 heterocycles. The zero-order chi connectivity index (χ0) is 12.9. The molecule has 1 aliphatic heterocycles. The molecule has 0 unspecified atom stereocenters. The summed E-state index contributed by atoms with van der Waals surface area (Å²) >= 11 is 5.63. The topological polar surface area (TPSA) is 15.3 Å². The highest BCUT2D eigenvalue weighted by Gasteiger charge is 2.35. The molecule has 0 spiro atoms. The molecule has 17 heavy (non-hydrogen) atoms. The molecule has 0 bridgehead atoms. The Hall–Kier alpha value is 0.0700. The Labute approximate surface area is 108 Å². The second kappa shape index (κ2) is 6.30. The number of halogens is 3. The van der Waals surface area contributed by atoms with Gasteiger partial charge in [-0.2, -0.15) is 0 Å². The van der Waals surface area contributed by atoms with Crippen LogP contribution in [-0.4, -0.2) is 43.4 Å². The van der Waals surface area contributed by atoms with Crippen LogP contribution in [0.4, 0.5) is 8.78 Å². The second-order valence-corrected chi connectivity index (χ2v) is 6.03. The lowest BCUT2D eigenvalue weighted by Gasteiger charge is -2.39. The summed E-state index contributed by atoms with van der Waals surface area (Å²) in [6, 6.07) is 0. The standard InChI is InChI=1S/C12H23ClF2N2/c1-11(2,16-13)3-6-17-7-4-12(9-14,10-15)5-8-17/h16H,3-10H2,1-2H3. The zero-order valence-corrected chi connectivity index (χ0v) is 11.5. The van der Waals surface area contributed by atoms with E-state index in [1.165, 1.54) is 0 Å². The van der Waals surface area contributed by atoms with Gasteiger partial charge in [-0.25, -0.2) is 4.84 Å². The molecule has 1 rings (SSSR count). The second-order valence-electron chi connectivity index (χ2n) is 5.84. The molecule has 0 saturated carbocycles. The van der Waals surface area contributed by atoms with Gasteiger partial charge < -0.3 is 4.90 Å². The number of nitrogens with zero attached hydrogens (tertiary/aromatic N) is 1. The molecule has 5 heteroatoms. The van der Waals surface area contributed by atoms with Gasteiger partial charge in [-0.1, -0.05) is 0 Å². The SMILES string of the molecule is CC(C)(CCN1CCC(CF)(CF)CC1)NCl. The van der Waals surface area contributed by atoms with Gasteiger partial charge in [0, 0.05) is 11.0 Å². The van der Waals surface area contributed by atoms with Crippen LogP contribution >= 0.6 is 11.8 Å². The van der Waals surface area contributed by atoms with E-state index in [0.29, 0.717) is 12.8 Å². The summed E-state index contributed by atoms with van der Waals surface area (Å²) in [5.74, 6) is 0. The third kappa shape index (κ3) is 4.34. The number of nitrogens with one attached hydrogen (secondary N) is 1. The summed E-state index contributed by atoms with van der Waals surface area (Å²) in [5.41, 5.74) is -0.799. The Balaban J connectivity index is 2.33. The highest BCUT2D eigenvalue weighted by Crippen LogP contribution is 2.32. The minimum Gasteiger partial charge on any atom is -0.303 e. The van der Waals surface area contributed by atoms with Gasteiger partial charge in [0.2, 0.25) is 0 Å². The number of hydrogen-bond donors (Lipinski definition) is 1. The molecule has 102 valence electrons. The lowest BCUT2D eigenvalue weighted by atomic mass is 9.81. The van der Waals surface area contributed by atoms with Crippen molar-refractivity contribution in [2.45, 2.75) is 38.6 Å². The Morgan fingerprint density at radius 1 is 1.24 bits per heavy atom. The first-order valence-corrected chi connectivity index (χ1v) is 6.57. The highest BCUT2D eigenvalue weighted by molar-refractivity contribution is 6.13. The summed E-state index contributed by atoms with van der Waals surface area (Å²) in [7, 11) is 0. The molecule has 0 radical (unpaired) electrons. The summed E-state index contributed by atoms with van der Waals surface area (Å²) in [6.07, 6.45) is 2.16. The number of hydrogen-bond acceptors (Lipinski definition) is 2. The van der Waals surface area contributed by atoms with Crippen LogP contribution in [0.2, 0.25) is 0 Å². The average Bonchev–Trinajstić information content (AvgIpc) is 2.37. The van der Waals surface area contributed by atoms with Crippen LogP contribution in [0.5, 0.6) is 0 Å². The molecule has 1 aliphatic rings. The van der Waals surface area contributed by atoms with Gasteiger partial charge in [-0.05, 0) is 64.5 Å². The van der Waals surface area contributed by atoms with Crippen molar-refractivity contribution < 1.29 is 8.78 Å². The van der Waals surface area contributed by atoms with E-state index in [1.807, 2.05) is 13.8 Å². The van der Waals surface area contributed by atoms with Gasteiger partial charge in [0.05, 0.1) is 13.3 Å². The molecule has 0 aromatic heterocycles. The van der Waals surface area contributed by atoms with Gasteiger partial charge in [0.25, 0.3) is 0 Å². The number of alkyl halides is 2. The largest absolute Gasteiger partial charge is 0.303 e. The molecular formula is C12H23ClF2N2. The summed E-state index contributed by atoms with van der Waals surface area (Å²) in [5, 5.41) is 0. The van der Waals surface area contributed by atoms with Gasteiger partial charge in [-0.15, -0.1) is 0 Å². The lowest BCUT2D eigenvalue weighted by Crippen LogP contribution is -2.45. The number of likely N-dealkylation sites (tertiary alicyclic amines) is 1. The summed E-state index contributed by atoms with van der Waals surface area (Å²) < 4.78 is 25.6. The molecule has 0 aromatic rings. The maximum absolute atomic E-state index is 12.8. The molecule has 1 N–H and O–H groups in total. The molecule has 0 atom stereocenters. The monoisotopic (exact) mass is 268 g/mol. The van der Waals surface area contributed by atoms with Crippen molar-refractivity contribution >= 4 is 11.8 Å². The van der Waals surface area contributed by atoms with Crippen LogP contribution in [0.15, 0.2) is 0 Å². The van der Waals surface area contributed by atoms with E-state index in [4.69, 9.17) is 11.8 Å². The highest BCUT2D eigenvalue weighted by atomic mass is 35.5. The van der Waals surface area contributed by atoms with Gasteiger partial charge in [0.1, 0.15) is 0 Å². The van der Waals surface area contributed by atoms with Crippen LogP contribution in [0.25, 0.3) is 0 Å². The van der Waals surface area contributed by atoms with E-state index < -0.39 is 18.8 Å². The van der Waals surface area contributed by atoms with E-state index in [2.05, 4.69) is 9.74 Å². The Bertz CT molecular complexity index is 223. The van der Waals surface area contributed by atoms with Crippen molar-refractivity contribution in [3.63, 3.8) is 0 Å².